The fourth-order valence-corrected chi connectivity index (χ4v) is 3.03. The number of hydrogen-bond acceptors (Lipinski definition) is 4. The van der Waals surface area contributed by atoms with Crippen molar-refractivity contribution >= 4 is 33.9 Å². The molecule has 28 heavy (non-hydrogen) atoms. The average molecular weight is 401 g/mol. The Morgan fingerprint density at radius 3 is 2.46 bits per heavy atom. The van der Waals surface area contributed by atoms with Crippen LogP contribution in [-0.2, 0) is 6.18 Å². The summed E-state index contributed by atoms with van der Waals surface area (Å²) in [6, 6.07) is 13.8. The van der Waals surface area contributed by atoms with E-state index in [1.807, 2.05) is 18.2 Å². The second kappa shape index (κ2) is 7.09. The molecule has 2 aromatic heterocycles. The number of nitrogens with one attached hydrogen (secondary N) is 1. The van der Waals surface area contributed by atoms with E-state index in [0.717, 1.165) is 23.1 Å². The molecular weight excluding hydrogens is 389 g/mol. The first kappa shape index (κ1) is 18.2. The Bertz CT molecular complexity index is 1140. The second-order valence-electron chi connectivity index (χ2n) is 6.02. The molecule has 0 aliphatic carbocycles. The summed E-state index contributed by atoms with van der Waals surface area (Å²) in [5.41, 5.74) is 2.47. The summed E-state index contributed by atoms with van der Waals surface area (Å²) in [7, 11) is 0. The van der Waals surface area contributed by atoms with Gasteiger partial charge in [0.25, 0.3) is 0 Å². The van der Waals surface area contributed by atoms with Crippen LogP contribution in [0.1, 0.15) is 5.56 Å². The molecule has 0 unspecified atom stereocenters. The molecule has 0 aliphatic rings. The van der Waals surface area contributed by atoms with Crippen molar-refractivity contribution in [1.29, 1.82) is 0 Å². The number of fused-ring (bicyclic) bond motifs is 1. The molecule has 0 saturated heterocycles. The van der Waals surface area contributed by atoms with Crippen LogP contribution in [0.5, 0.6) is 0 Å². The number of aromatic nitrogens is 3. The van der Waals surface area contributed by atoms with E-state index in [4.69, 9.17) is 11.6 Å². The number of halogens is 4. The van der Waals surface area contributed by atoms with E-state index >= 15 is 0 Å². The van der Waals surface area contributed by atoms with Crippen LogP contribution in [0.25, 0.3) is 22.2 Å². The first-order valence-corrected chi connectivity index (χ1v) is 8.60. The third-order valence-corrected chi connectivity index (χ3v) is 4.47. The summed E-state index contributed by atoms with van der Waals surface area (Å²) in [5.74, 6) is 0. The fraction of sp³-hybridized carbons (Fsp3) is 0.0500. The van der Waals surface area contributed by atoms with Crippen LogP contribution in [-0.4, -0.2) is 15.2 Å². The first-order chi connectivity index (χ1) is 13.4. The van der Waals surface area contributed by atoms with Gasteiger partial charge in [-0.25, -0.2) is 0 Å². The van der Waals surface area contributed by atoms with Gasteiger partial charge in [-0.2, -0.15) is 23.4 Å². The van der Waals surface area contributed by atoms with Gasteiger partial charge in [-0.3, -0.25) is 4.98 Å². The van der Waals surface area contributed by atoms with Crippen molar-refractivity contribution in [1.82, 2.24) is 15.2 Å². The molecule has 4 aromatic rings. The van der Waals surface area contributed by atoms with Gasteiger partial charge >= 0.3 is 6.18 Å². The van der Waals surface area contributed by atoms with Crippen LogP contribution in [0.3, 0.4) is 0 Å². The minimum absolute atomic E-state index is 0.513. The number of nitrogens with zero attached hydrogens (tertiary/aromatic N) is 3. The maximum Gasteiger partial charge on any atom is 0.416 e. The highest BCUT2D eigenvalue weighted by atomic mass is 35.5. The largest absolute Gasteiger partial charge is 0.416 e. The molecular formula is C20H12ClF3N4. The average Bonchev–Trinajstić information content (AvgIpc) is 2.68. The van der Waals surface area contributed by atoms with Gasteiger partial charge in [0.15, 0.2) is 0 Å². The predicted molar refractivity (Wildman–Crippen MR) is 103 cm³/mol. The summed E-state index contributed by atoms with van der Waals surface area (Å²) in [6.45, 7) is 0. The lowest BCUT2D eigenvalue weighted by atomic mass is 10.1. The molecule has 4 rings (SSSR count). The van der Waals surface area contributed by atoms with Crippen LogP contribution in [0.2, 0.25) is 5.02 Å². The van der Waals surface area contributed by atoms with Crippen LogP contribution >= 0.6 is 11.6 Å². The van der Waals surface area contributed by atoms with Gasteiger partial charge in [0.2, 0.25) is 0 Å². The smallest absolute Gasteiger partial charge is 0.354 e. The van der Waals surface area contributed by atoms with Crippen LogP contribution in [0.15, 0.2) is 67.0 Å². The van der Waals surface area contributed by atoms with Gasteiger partial charge in [-0.15, -0.1) is 0 Å². The van der Waals surface area contributed by atoms with Gasteiger partial charge in [0.1, 0.15) is 0 Å². The minimum atomic E-state index is -4.37. The van der Waals surface area contributed by atoms with Crippen LogP contribution < -0.4 is 5.32 Å². The Labute approximate surface area is 163 Å². The molecule has 140 valence electrons. The standard InChI is InChI=1S/C20H12ClF3N4/c21-16-2-1-9-25-19(16)12-3-8-15-17(10-12)28-26-11-18(15)27-14-6-4-13(5-7-14)20(22,23)24/h1-11H,(H,27,28). The zero-order chi connectivity index (χ0) is 19.7. The van der Waals surface area contributed by atoms with Gasteiger partial charge in [-0.1, -0.05) is 17.7 Å². The third-order valence-electron chi connectivity index (χ3n) is 4.16. The van der Waals surface area contributed by atoms with Gasteiger partial charge in [0, 0.05) is 22.8 Å². The molecule has 4 nitrogen and oxygen atoms in total. The number of hydrogen-bond donors (Lipinski definition) is 1. The first-order valence-electron chi connectivity index (χ1n) is 8.22. The molecule has 0 radical (unpaired) electrons. The Balaban J connectivity index is 1.68. The highest BCUT2D eigenvalue weighted by molar-refractivity contribution is 6.33. The molecule has 2 heterocycles. The maximum absolute atomic E-state index is 12.7. The molecule has 8 heteroatoms. The number of rotatable bonds is 3. The Kier molecular flexibility index (Phi) is 4.60. The summed E-state index contributed by atoms with van der Waals surface area (Å²) in [6.07, 6.45) is -1.19. The monoisotopic (exact) mass is 400 g/mol. The molecule has 2 aromatic carbocycles. The minimum Gasteiger partial charge on any atom is -0.354 e. The number of alkyl halides is 3. The van der Waals surface area contributed by atoms with Crippen molar-refractivity contribution in [3.63, 3.8) is 0 Å². The summed E-state index contributed by atoms with van der Waals surface area (Å²) in [5, 5.41) is 12.5. The van der Waals surface area contributed by atoms with Gasteiger partial charge in [0.05, 0.1) is 33.7 Å². The molecule has 0 aliphatic heterocycles. The lowest BCUT2D eigenvalue weighted by molar-refractivity contribution is -0.137. The van der Waals surface area contributed by atoms with E-state index in [-0.39, 0.29) is 0 Å². The van der Waals surface area contributed by atoms with E-state index in [9.17, 15) is 13.2 Å². The highest BCUT2D eigenvalue weighted by Gasteiger charge is 2.29. The van der Waals surface area contributed by atoms with Crippen molar-refractivity contribution < 1.29 is 13.2 Å². The van der Waals surface area contributed by atoms with Crippen molar-refractivity contribution in [3.05, 3.63) is 77.6 Å². The van der Waals surface area contributed by atoms with Crippen molar-refractivity contribution in [2.75, 3.05) is 5.32 Å². The highest BCUT2D eigenvalue weighted by Crippen LogP contribution is 2.32. The quantitative estimate of drug-likeness (QED) is 0.451. The normalized spacial score (nSPS) is 11.6. The second-order valence-corrected chi connectivity index (χ2v) is 6.43. The molecule has 0 atom stereocenters. The lowest BCUT2D eigenvalue weighted by Crippen LogP contribution is -2.04. The van der Waals surface area contributed by atoms with Crippen LogP contribution in [0.4, 0.5) is 24.5 Å². The van der Waals surface area contributed by atoms with E-state index in [0.29, 0.717) is 27.6 Å². The molecule has 0 bridgehead atoms. The van der Waals surface area contributed by atoms with Crippen molar-refractivity contribution in [3.8, 4) is 11.3 Å². The van der Waals surface area contributed by atoms with Gasteiger partial charge in [-0.05, 0) is 48.5 Å². The molecule has 0 fully saturated rings. The van der Waals surface area contributed by atoms with E-state index < -0.39 is 11.7 Å². The number of pyridine rings is 1. The predicted octanol–water partition coefficient (Wildman–Crippen LogP) is 6.11. The Morgan fingerprint density at radius 2 is 1.75 bits per heavy atom. The summed E-state index contributed by atoms with van der Waals surface area (Å²) >= 11 is 6.20. The fourth-order valence-electron chi connectivity index (χ4n) is 2.80. The maximum atomic E-state index is 12.7. The molecule has 0 amide bonds. The third kappa shape index (κ3) is 3.61. The zero-order valence-corrected chi connectivity index (χ0v) is 15.0. The molecule has 0 spiro atoms. The summed E-state index contributed by atoms with van der Waals surface area (Å²) in [4.78, 5) is 4.29. The Morgan fingerprint density at radius 1 is 0.964 bits per heavy atom. The van der Waals surface area contributed by atoms with E-state index in [1.165, 1.54) is 18.3 Å². The number of anilines is 2. The zero-order valence-electron chi connectivity index (χ0n) is 14.2. The molecule has 1 N–H and O–H groups in total. The SMILES string of the molecule is FC(F)(F)c1ccc(Nc2cnnc3cc(-c4ncccc4Cl)ccc23)cc1. The van der Waals surface area contributed by atoms with Crippen molar-refractivity contribution in [2.45, 2.75) is 6.18 Å². The Hall–Kier alpha value is -3.19. The number of benzene rings is 2. The van der Waals surface area contributed by atoms with Crippen molar-refractivity contribution in [2.24, 2.45) is 0 Å². The lowest BCUT2D eigenvalue weighted by Gasteiger charge is -2.11. The van der Waals surface area contributed by atoms with Crippen LogP contribution in [0, 0.1) is 0 Å². The van der Waals surface area contributed by atoms with Gasteiger partial charge < -0.3 is 5.32 Å². The molecule has 0 saturated carbocycles. The van der Waals surface area contributed by atoms with E-state index in [1.54, 1.807) is 18.3 Å². The van der Waals surface area contributed by atoms with E-state index in [2.05, 4.69) is 20.5 Å². The summed E-state index contributed by atoms with van der Waals surface area (Å²) < 4.78 is 38.1. The topological polar surface area (TPSA) is 50.7 Å².